The van der Waals surface area contributed by atoms with Crippen molar-refractivity contribution < 1.29 is 4.74 Å². The highest BCUT2D eigenvalue weighted by molar-refractivity contribution is 5.72. The van der Waals surface area contributed by atoms with Crippen molar-refractivity contribution in [2.75, 3.05) is 69.4 Å². The zero-order valence-electron chi connectivity index (χ0n) is 23.4. The SMILES string of the molecule is CCCC(C)CCCCNc1nc(N)nc2c1N(Cc1ccc(CN3CCN(C)CC3)cc1OC)CC2. The van der Waals surface area contributed by atoms with E-state index in [1.807, 2.05) is 0 Å². The average Bonchev–Trinajstić information content (AvgIpc) is 3.28. The minimum Gasteiger partial charge on any atom is -0.496 e. The number of nitrogens with zero attached hydrogens (tertiary/aromatic N) is 5. The van der Waals surface area contributed by atoms with Gasteiger partial charge in [-0.3, -0.25) is 4.90 Å². The van der Waals surface area contributed by atoms with Crippen LogP contribution in [0.1, 0.15) is 62.8 Å². The Balaban J connectivity index is 1.40. The summed E-state index contributed by atoms with van der Waals surface area (Å²) in [5, 5.41) is 3.58. The molecule has 3 heterocycles. The number of ether oxygens (including phenoxy) is 1. The van der Waals surface area contributed by atoms with E-state index in [-0.39, 0.29) is 0 Å². The maximum atomic E-state index is 6.07. The molecule has 2 aliphatic heterocycles. The Morgan fingerprint density at radius 3 is 2.62 bits per heavy atom. The Kier molecular flexibility index (Phi) is 9.86. The van der Waals surface area contributed by atoms with E-state index in [4.69, 9.17) is 10.5 Å². The van der Waals surface area contributed by atoms with Crippen molar-refractivity contribution in [3.63, 3.8) is 0 Å². The number of anilines is 3. The Hall–Kier alpha value is -2.58. The lowest BCUT2D eigenvalue weighted by atomic mass is 9.99. The molecule has 8 heteroatoms. The predicted molar refractivity (Wildman–Crippen MR) is 153 cm³/mol. The lowest BCUT2D eigenvalue weighted by molar-refractivity contribution is 0.148. The average molecular weight is 510 g/mol. The second-order valence-electron chi connectivity index (χ2n) is 10.9. The largest absolute Gasteiger partial charge is 0.496 e. The maximum Gasteiger partial charge on any atom is 0.222 e. The van der Waals surface area contributed by atoms with Gasteiger partial charge < -0.3 is 25.6 Å². The standard InChI is InChI=1S/C29H47N7O/c1-5-8-22(2)9-6-7-13-31-28-27-25(32-29(30)33-28)12-14-36(27)21-24-11-10-23(19-26(24)37-4)20-35-17-15-34(3)16-18-35/h10-11,19,22H,5-9,12-18,20-21H2,1-4H3,(H3,30,31,32,33). The molecule has 1 aromatic carbocycles. The number of likely N-dealkylation sites (N-methyl/N-ethyl adjacent to an activating group) is 1. The van der Waals surface area contributed by atoms with Gasteiger partial charge in [0.15, 0.2) is 5.82 Å². The number of methoxy groups -OCH3 is 1. The van der Waals surface area contributed by atoms with Crippen molar-refractivity contribution in [3.8, 4) is 5.75 Å². The zero-order chi connectivity index (χ0) is 26.2. The van der Waals surface area contributed by atoms with Gasteiger partial charge in [0.2, 0.25) is 5.95 Å². The summed E-state index contributed by atoms with van der Waals surface area (Å²) in [4.78, 5) is 16.5. The van der Waals surface area contributed by atoms with Crippen molar-refractivity contribution in [1.29, 1.82) is 0 Å². The van der Waals surface area contributed by atoms with Crippen LogP contribution in [0, 0.1) is 5.92 Å². The van der Waals surface area contributed by atoms with Gasteiger partial charge in [0.25, 0.3) is 0 Å². The molecule has 1 saturated heterocycles. The molecule has 0 aliphatic carbocycles. The summed E-state index contributed by atoms with van der Waals surface area (Å²) in [6.45, 7) is 12.7. The number of rotatable bonds is 13. The molecule has 0 radical (unpaired) electrons. The molecule has 0 bridgehead atoms. The minimum absolute atomic E-state index is 0.352. The monoisotopic (exact) mass is 509 g/mol. The fourth-order valence-corrected chi connectivity index (χ4v) is 5.61. The molecule has 2 aliphatic rings. The van der Waals surface area contributed by atoms with Crippen LogP contribution in [0.15, 0.2) is 18.2 Å². The highest BCUT2D eigenvalue weighted by Crippen LogP contribution is 2.36. The summed E-state index contributed by atoms with van der Waals surface area (Å²) in [6.07, 6.45) is 7.13. The Morgan fingerprint density at radius 2 is 1.86 bits per heavy atom. The van der Waals surface area contributed by atoms with E-state index in [1.165, 1.54) is 36.8 Å². The molecule has 2 aromatic rings. The number of hydrogen-bond acceptors (Lipinski definition) is 8. The van der Waals surface area contributed by atoms with Crippen LogP contribution in [0.25, 0.3) is 0 Å². The van der Waals surface area contributed by atoms with Crippen molar-refractivity contribution in [2.45, 2.75) is 65.5 Å². The first-order valence-corrected chi connectivity index (χ1v) is 14.2. The molecule has 0 saturated carbocycles. The summed E-state index contributed by atoms with van der Waals surface area (Å²) in [7, 11) is 3.97. The normalized spacial score (nSPS) is 17.1. The highest BCUT2D eigenvalue weighted by Gasteiger charge is 2.27. The second kappa shape index (κ2) is 13.3. The molecule has 0 spiro atoms. The lowest BCUT2D eigenvalue weighted by Gasteiger charge is -2.32. The van der Waals surface area contributed by atoms with Crippen LogP contribution in [-0.4, -0.2) is 73.2 Å². The Morgan fingerprint density at radius 1 is 1.05 bits per heavy atom. The van der Waals surface area contributed by atoms with Gasteiger partial charge in [-0.2, -0.15) is 4.98 Å². The number of unbranched alkanes of at least 4 members (excludes halogenated alkanes) is 1. The van der Waals surface area contributed by atoms with E-state index in [0.29, 0.717) is 5.95 Å². The van der Waals surface area contributed by atoms with Crippen LogP contribution in [-0.2, 0) is 19.5 Å². The minimum atomic E-state index is 0.352. The molecule has 1 unspecified atom stereocenters. The molecule has 1 atom stereocenters. The van der Waals surface area contributed by atoms with Crippen LogP contribution in [0.5, 0.6) is 5.75 Å². The van der Waals surface area contributed by atoms with Gasteiger partial charge >= 0.3 is 0 Å². The number of hydrogen-bond donors (Lipinski definition) is 2. The van der Waals surface area contributed by atoms with E-state index in [1.54, 1.807) is 7.11 Å². The fraction of sp³-hybridized carbons (Fsp3) is 0.655. The molecule has 3 N–H and O–H groups in total. The first kappa shape index (κ1) is 27.5. The topological polar surface area (TPSA) is 82.8 Å². The number of fused-ring (bicyclic) bond motifs is 1. The smallest absolute Gasteiger partial charge is 0.222 e. The maximum absolute atomic E-state index is 6.07. The summed E-state index contributed by atoms with van der Waals surface area (Å²) in [5.41, 5.74) is 10.7. The predicted octanol–water partition coefficient (Wildman–Crippen LogP) is 4.40. The number of aromatic nitrogens is 2. The van der Waals surface area contributed by atoms with Gasteiger partial charge in [0.1, 0.15) is 11.4 Å². The van der Waals surface area contributed by atoms with Gasteiger partial charge in [0, 0.05) is 64.3 Å². The first-order chi connectivity index (χ1) is 18.0. The first-order valence-electron chi connectivity index (χ1n) is 14.2. The van der Waals surface area contributed by atoms with Gasteiger partial charge in [-0.15, -0.1) is 0 Å². The summed E-state index contributed by atoms with van der Waals surface area (Å²) < 4.78 is 5.85. The van der Waals surface area contributed by atoms with E-state index >= 15 is 0 Å². The van der Waals surface area contributed by atoms with Crippen LogP contribution < -0.4 is 20.7 Å². The van der Waals surface area contributed by atoms with Crippen LogP contribution in [0.3, 0.4) is 0 Å². The summed E-state index contributed by atoms with van der Waals surface area (Å²) in [6, 6.07) is 6.69. The third-order valence-electron chi connectivity index (χ3n) is 7.82. The van der Waals surface area contributed by atoms with E-state index in [9.17, 15) is 0 Å². The van der Waals surface area contributed by atoms with Gasteiger partial charge in [-0.05, 0) is 31.0 Å². The van der Waals surface area contributed by atoms with Crippen molar-refractivity contribution >= 4 is 17.5 Å². The second-order valence-corrected chi connectivity index (χ2v) is 10.9. The fourth-order valence-electron chi connectivity index (χ4n) is 5.61. The molecule has 4 rings (SSSR count). The summed E-state index contributed by atoms with van der Waals surface area (Å²) >= 11 is 0. The van der Waals surface area contributed by atoms with Crippen molar-refractivity contribution in [1.82, 2.24) is 19.8 Å². The van der Waals surface area contributed by atoms with E-state index in [2.05, 4.69) is 69.1 Å². The third-order valence-corrected chi connectivity index (χ3v) is 7.82. The molecular formula is C29H47N7O. The number of benzene rings is 1. The van der Waals surface area contributed by atoms with E-state index < -0.39 is 0 Å². The van der Waals surface area contributed by atoms with Gasteiger partial charge in [0.05, 0.1) is 12.8 Å². The molecule has 37 heavy (non-hydrogen) atoms. The molecular weight excluding hydrogens is 462 g/mol. The third kappa shape index (κ3) is 7.48. The summed E-state index contributed by atoms with van der Waals surface area (Å²) in [5.74, 6) is 2.98. The van der Waals surface area contributed by atoms with Gasteiger partial charge in [-0.25, -0.2) is 4.98 Å². The van der Waals surface area contributed by atoms with Crippen molar-refractivity contribution in [3.05, 3.63) is 35.0 Å². The van der Waals surface area contributed by atoms with Gasteiger partial charge in [-0.1, -0.05) is 51.7 Å². The number of nitrogens with two attached hydrogens (primary N) is 1. The number of nitrogen functional groups attached to an aromatic ring is 1. The number of piperazine rings is 1. The van der Waals surface area contributed by atoms with Crippen molar-refractivity contribution in [2.24, 2.45) is 5.92 Å². The van der Waals surface area contributed by atoms with Crippen LogP contribution >= 0.6 is 0 Å². The molecule has 8 nitrogen and oxygen atoms in total. The van der Waals surface area contributed by atoms with Crippen LogP contribution in [0.4, 0.5) is 17.5 Å². The number of nitrogens with one attached hydrogen (secondary N) is 1. The molecule has 0 amide bonds. The molecule has 1 aromatic heterocycles. The molecule has 204 valence electrons. The zero-order valence-corrected chi connectivity index (χ0v) is 23.4. The quantitative estimate of drug-likeness (QED) is 0.385. The highest BCUT2D eigenvalue weighted by atomic mass is 16.5. The van der Waals surface area contributed by atoms with Crippen LogP contribution in [0.2, 0.25) is 0 Å². The Labute approximate surface area is 223 Å². The molecule has 1 fully saturated rings. The van der Waals surface area contributed by atoms with E-state index in [0.717, 1.165) is 94.1 Å². The lowest BCUT2D eigenvalue weighted by Crippen LogP contribution is -2.43. The Bertz CT molecular complexity index is 1010.